The molecule has 4 aromatic rings. The van der Waals surface area contributed by atoms with Crippen molar-refractivity contribution in [2.24, 2.45) is 0 Å². The summed E-state index contributed by atoms with van der Waals surface area (Å²) in [6.07, 6.45) is 0.0969. The molecule has 2 atom stereocenters. The summed E-state index contributed by atoms with van der Waals surface area (Å²) in [6, 6.07) is 38.3. The lowest BCUT2D eigenvalue weighted by atomic mass is 9.79. The molecule has 1 N–H and O–H groups in total. The van der Waals surface area contributed by atoms with Gasteiger partial charge in [-0.15, -0.1) is 11.8 Å². The summed E-state index contributed by atoms with van der Waals surface area (Å²) in [5.41, 5.74) is 1.74. The summed E-state index contributed by atoms with van der Waals surface area (Å²) in [7, 11) is 3.21. The molecule has 46 heavy (non-hydrogen) atoms. The molecular formula is C40H42O6. The van der Waals surface area contributed by atoms with Crippen molar-refractivity contribution in [2.75, 3.05) is 34.2 Å². The Labute approximate surface area is 273 Å². The molecule has 4 aromatic carbocycles. The lowest BCUT2D eigenvalue weighted by Crippen LogP contribution is -2.52. The van der Waals surface area contributed by atoms with Crippen LogP contribution in [0.1, 0.15) is 42.0 Å². The first-order valence-electron chi connectivity index (χ1n) is 15.3. The zero-order chi connectivity index (χ0) is 32.5. The summed E-state index contributed by atoms with van der Waals surface area (Å²) >= 11 is 0. The van der Waals surface area contributed by atoms with E-state index in [4.69, 9.17) is 23.7 Å². The van der Waals surface area contributed by atoms with Crippen molar-refractivity contribution in [3.05, 3.63) is 138 Å². The maximum absolute atomic E-state index is 9.38. The van der Waals surface area contributed by atoms with Gasteiger partial charge in [-0.2, -0.15) is 0 Å². The number of aliphatic hydroxyl groups excluding tert-OH is 1. The molecule has 0 aliphatic carbocycles. The van der Waals surface area contributed by atoms with Crippen LogP contribution in [0.5, 0.6) is 5.75 Å². The summed E-state index contributed by atoms with van der Waals surface area (Å²) in [4.78, 5) is 0. The van der Waals surface area contributed by atoms with Gasteiger partial charge in [-0.25, -0.2) is 0 Å². The van der Waals surface area contributed by atoms with E-state index in [0.29, 0.717) is 12.8 Å². The molecule has 0 spiro atoms. The summed E-state index contributed by atoms with van der Waals surface area (Å²) < 4.78 is 31.2. The van der Waals surface area contributed by atoms with Crippen molar-refractivity contribution in [2.45, 2.75) is 43.7 Å². The second kappa shape index (κ2) is 17.9. The predicted octanol–water partition coefficient (Wildman–Crippen LogP) is 6.75. The Morgan fingerprint density at radius 2 is 1.28 bits per heavy atom. The number of benzene rings is 4. The Morgan fingerprint density at radius 1 is 0.717 bits per heavy atom. The van der Waals surface area contributed by atoms with Crippen LogP contribution in [-0.4, -0.2) is 51.0 Å². The topological polar surface area (TPSA) is 66.4 Å². The second-order valence-electron chi connectivity index (χ2n) is 10.6. The number of ether oxygens (including phenoxy) is 5. The quantitative estimate of drug-likeness (QED) is 0.0852. The van der Waals surface area contributed by atoms with Crippen LogP contribution in [0.3, 0.4) is 0 Å². The Balaban J connectivity index is 1.87. The van der Waals surface area contributed by atoms with Crippen LogP contribution in [-0.2, 0) is 31.2 Å². The first-order chi connectivity index (χ1) is 22.6. The van der Waals surface area contributed by atoms with Crippen LogP contribution in [0.2, 0.25) is 0 Å². The van der Waals surface area contributed by atoms with E-state index in [1.807, 2.05) is 78.9 Å². The van der Waals surface area contributed by atoms with E-state index in [0.717, 1.165) is 28.0 Å². The van der Waals surface area contributed by atoms with E-state index in [1.165, 1.54) is 0 Å². The highest BCUT2D eigenvalue weighted by Gasteiger charge is 2.45. The highest BCUT2D eigenvalue weighted by Crippen LogP contribution is 2.42. The minimum absolute atomic E-state index is 0.0104. The van der Waals surface area contributed by atoms with Crippen molar-refractivity contribution in [3.63, 3.8) is 0 Å². The van der Waals surface area contributed by atoms with E-state index in [9.17, 15) is 5.11 Å². The number of hydrogen-bond donors (Lipinski definition) is 1. The van der Waals surface area contributed by atoms with Crippen LogP contribution in [0.4, 0.5) is 0 Å². The smallest absolute Gasteiger partial charge is 0.152 e. The average molecular weight is 619 g/mol. The molecule has 6 nitrogen and oxygen atoms in total. The second-order valence-corrected chi connectivity index (χ2v) is 10.6. The minimum atomic E-state index is -1.10. The molecule has 0 aliphatic heterocycles. The Morgan fingerprint density at radius 3 is 1.76 bits per heavy atom. The van der Waals surface area contributed by atoms with Gasteiger partial charge in [0.1, 0.15) is 30.4 Å². The third-order valence-electron chi connectivity index (χ3n) is 7.74. The number of rotatable bonds is 16. The van der Waals surface area contributed by atoms with Crippen LogP contribution < -0.4 is 4.74 Å². The fourth-order valence-electron chi connectivity index (χ4n) is 5.43. The molecule has 0 radical (unpaired) electrons. The number of hydrogen-bond acceptors (Lipinski definition) is 6. The van der Waals surface area contributed by atoms with Crippen molar-refractivity contribution in [3.8, 4) is 29.4 Å². The van der Waals surface area contributed by atoms with Crippen LogP contribution in [0, 0.1) is 23.7 Å². The molecule has 6 heteroatoms. The lowest BCUT2D eigenvalue weighted by Gasteiger charge is -2.43. The summed E-state index contributed by atoms with van der Waals surface area (Å²) in [5.74, 6) is 12.9. The summed E-state index contributed by atoms with van der Waals surface area (Å²) in [5, 5.41) is 9.38. The van der Waals surface area contributed by atoms with E-state index in [-0.39, 0.29) is 26.6 Å². The molecule has 0 aromatic heterocycles. The third-order valence-corrected chi connectivity index (χ3v) is 7.74. The van der Waals surface area contributed by atoms with Gasteiger partial charge in [0.25, 0.3) is 0 Å². The van der Waals surface area contributed by atoms with Gasteiger partial charge >= 0.3 is 0 Å². The molecule has 238 valence electrons. The highest BCUT2D eigenvalue weighted by atomic mass is 16.7. The molecular weight excluding hydrogens is 576 g/mol. The van der Waals surface area contributed by atoms with Crippen molar-refractivity contribution in [1.82, 2.24) is 0 Å². The molecule has 0 aliphatic rings. The fraction of sp³-hybridized carbons (Fsp3) is 0.300. The Kier molecular flexibility index (Phi) is 13.4. The third kappa shape index (κ3) is 8.65. The highest BCUT2D eigenvalue weighted by molar-refractivity contribution is 5.47. The van der Waals surface area contributed by atoms with Crippen molar-refractivity contribution in [1.29, 1.82) is 0 Å². The van der Waals surface area contributed by atoms with Gasteiger partial charge in [-0.05, 0) is 47.7 Å². The van der Waals surface area contributed by atoms with E-state index in [1.54, 1.807) is 21.1 Å². The number of methoxy groups -OCH3 is 2. The van der Waals surface area contributed by atoms with E-state index >= 15 is 0 Å². The van der Waals surface area contributed by atoms with Crippen LogP contribution in [0.15, 0.2) is 115 Å². The van der Waals surface area contributed by atoms with Gasteiger partial charge in [0.05, 0.1) is 20.3 Å². The monoisotopic (exact) mass is 618 g/mol. The first-order valence-corrected chi connectivity index (χ1v) is 15.3. The average Bonchev–Trinajstić information content (AvgIpc) is 3.12. The van der Waals surface area contributed by atoms with Gasteiger partial charge in [0.15, 0.2) is 6.10 Å². The van der Waals surface area contributed by atoms with Gasteiger partial charge < -0.3 is 28.8 Å². The summed E-state index contributed by atoms with van der Waals surface area (Å²) in [6.45, 7) is 1.90. The molecule has 0 bridgehead atoms. The van der Waals surface area contributed by atoms with Gasteiger partial charge in [-0.1, -0.05) is 115 Å². The van der Waals surface area contributed by atoms with Crippen LogP contribution >= 0.6 is 0 Å². The molecule has 0 saturated carbocycles. The lowest BCUT2D eigenvalue weighted by molar-refractivity contribution is -0.201. The maximum Gasteiger partial charge on any atom is 0.152 e. The zero-order valence-electron chi connectivity index (χ0n) is 26.8. The van der Waals surface area contributed by atoms with E-state index in [2.05, 4.69) is 60.1 Å². The van der Waals surface area contributed by atoms with Crippen LogP contribution in [0.25, 0.3) is 0 Å². The Hall–Kier alpha value is -4.40. The predicted molar refractivity (Wildman–Crippen MR) is 180 cm³/mol. The zero-order valence-corrected chi connectivity index (χ0v) is 26.8. The standard InChI is InChI=1S/C40H42O6/c1-4-17-38(44-32-42-2)39(28-15-8-16-29-41,45-30-33-24-26-37(43-3)27-25-33)31-46-40(34-18-9-5-10-19-34,35-20-11-6-12-21-35)36-22-13-7-14-23-36/h5-7,9-14,18-27,38,41H,15,28-32H2,1-3H3/t38-,39-/m0/s1. The largest absolute Gasteiger partial charge is 0.497 e. The van der Waals surface area contributed by atoms with Crippen molar-refractivity contribution >= 4 is 0 Å². The van der Waals surface area contributed by atoms with Gasteiger partial charge in [0, 0.05) is 13.5 Å². The van der Waals surface area contributed by atoms with Gasteiger partial charge in [0.2, 0.25) is 0 Å². The Bertz CT molecular complexity index is 1470. The van der Waals surface area contributed by atoms with E-state index < -0.39 is 17.3 Å². The molecule has 0 fully saturated rings. The molecule has 4 rings (SSSR count). The SMILES string of the molecule is CC#C[C@H](OCOC)[C@](CCC#CCO)(COC(c1ccccc1)(c1ccccc1)c1ccccc1)OCc1ccc(OC)cc1. The first kappa shape index (κ1) is 34.5. The molecule has 0 amide bonds. The normalized spacial score (nSPS) is 13.0. The fourth-order valence-corrected chi connectivity index (χ4v) is 5.43. The molecule has 0 unspecified atom stereocenters. The van der Waals surface area contributed by atoms with Gasteiger partial charge in [-0.3, -0.25) is 0 Å². The number of aliphatic hydroxyl groups is 1. The molecule has 0 heterocycles. The minimum Gasteiger partial charge on any atom is -0.497 e. The van der Waals surface area contributed by atoms with Crippen molar-refractivity contribution < 1.29 is 28.8 Å². The molecule has 0 saturated heterocycles. The maximum atomic E-state index is 9.38.